The molecule has 1 aliphatic carbocycles. The highest BCUT2D eigenvalue weighted by molar-refractivity contribution is 5.94. The number of carbonyl (C=O) groups excluding carboxylic acids is 1. The Labute approximate surface area is 116 Å². The van der Waals surface area contributed by atoms with E-state index < -0.39 is 29.5 Å². The molecule has 0 bridgehead atoms. The molecule has 2 rings (SSSR count). The molecule has 0 unspecified atom stereocenters. The van der Waals surface area contributed by atoms with Crippen LogP contribution in [-0.4, -0.2) is 33.9 Å². The molecule has 114 valence electrons. The van der Waals surface area contributed by atoms with Gasteiger partial charge < -0.3 is 20.8 Å². The summed E-state index contributed by atoms with van der Waals surface area (Å²) in [6, 6.07) is 2.06. The maximum atomic E-state index is 12.7. The van der Waals surface area contributed by atoms with E-state index in [-0.39, 0.29) is 24.1 Å². The zero-order chi connectivity index (χ0) is 15.8. The van der Waals surface area contributed by atoms with Crippen LogP contribution in [0.5, 0.6) is 5.75 Å². The van der Waals surface area contributed by atoms with Crippen LogP contribution in [0.2, 0.25) is 0 Å². The molecule has 0 atom stereocenters. The molecule has 0 spiro atoms. The minimum Gasteiger partial charge on any atom is -0.507 e. The van der Waals surface area contributed by atoms with E-state index in [1.54, 1.807) is 0 Å². The number of phenols is 1. The van der Waals surface area contributed by atoms with E-state index in [0.29, 0.717) is 0 Å². The fraction of sp³-hybridized carbons (Fsp3) is 0.333. The highest BCUT2D eigenvalue weighted by Gasteiger charge is 2.64. The number of urea groups is 1. The van der Waals surface area contributed by atoms with Gasteiger partial charge in [0, 0.05) is 11.8 Å². The van der Waals surface area contributed by atoms with Crippen molar-refractivity contribution >= 4 is 17.7 Å². The largest absolute Gasteiger partial charge is 0.507 e. The molecule has 1 aliphatic rings. The average molecular weight is 304 g/mol. The average Bonchev–Trinajstić information content (AvgIpc) is 3.08. The monoisotopic (exact) mass is 304 g/mol. The summed E-state index contributed by atoms with van der Waals surface area (Å²) < 4.78 is 38.0. The zero-order valence-electron chi connectivity index (χ0n) is 10.5. The minimum atomic E-state index is -4.53. The van der Waals surface area contributed by atoms with Gasteiger partial charge in [-0.2, -0.15) is 13.2 Å². The third kappa shape index (κ3) is 3.01. The van der Waals surface area contributed by atoms with Gasteiger partial charge in [0.1, 0.15) is 16.9 Å². The van der Waals surface area contributed by atoms with Gasteiger partial charge in [-0.15, -0.1) is 0 Å². The maximum Gasteiger partial charge on any atom is 0.411 e. The molecule has 9 heteroatoms. The number of benzene rings is 1. The summed E-state index contributed by atoms with van der Waals surface area (Å²) in [6.07, 6.45) is -4.90. The van der Waals surface area contributed by atoms with Crippen molar-refractivity contribution < 1.29 is 33.0 Å². The van der Waals surface area contributed by atoms with Crippen molar-refractivity contribution in [1.82, 2.24) is 5.32 Å². The number of amides is 2. The molecule has 0 saturated heterocycles. The molecular formula is C12H11F3N2O4. The number of hydrogen-bond acceptors (Lipinski definition) is 3. The molecule has 0 aliphatic heterocycles. The van der Waals surface area contributed by atoms with Crippen molar-refractivity contribution in [2.45, 2.75) is 24.6 Å². The lowest BCUT2D eigenvalue weighted by Gasteiger charge is -2.21. The molecule has 1 aromatic rings. The highest BCUT2D eigenvalue weighted by atomic mass is 19.4. The Morgan fingerprint density at radius 2 is 1.86 bits per heavy atom. The van der Waals surface area contributed by atoms with Crippen LogP contribution >= 0.6 is 0 Å². The number of nitrogens with one attached hydrogen (secondary N) is 2. The Balaban J connectivity index is 2.04. The zero-order valence-corrected chi connectivity index (χ0v) is 10.5. The second kappa shape index (κ2) is 4.83. The lowest BCUT2D eigenvalue weighted by molar-refractivity contribution is -0.162. The second-order valence-corrected chi connectivity index (χ2v) is 4.70. The van der Waals surface area contributed by atoms with E-state index in [1.807, 2.05) is 5.32 Å². The number of aromatic hydroxyl groups is 1. The molecule has 1 aromatic carbocycles. The van der Waals surface area contributed by atoms with E-state index in [4.69, 9.17) is 5.11 Å². The van der Waals surface area contributed by atoms with Gasteiger partial charge in [0.2, 0.25) is 0 Å². The van der Waals surface area contributed by atoms with Crippen LogP contribution in [-0.2, 0) is 0 Å². The Kier molecular flexibility index (Phi) is 3.44. The summed E-state index contributed by atoms with van der Waals surface area (Å²) >= 11 is 0. The number of carbonyl (C=O) groups is 2. The van der Waals surface area contributed by atoms with E-state index in [9.17, 15) is 27.9 Å². The van der Waals surface area contributed by atoms with E-state index >= 15 is 0 Å². The second-order valence-electron chi connectivity index (χ2n) is 4.70. The normalized spacial score (nSPS) is 16.1. The number of hydrogen-bond donors (Lipinski definition) is 4. The number of rotatable bonds is 3. The van der Waals surface area contributed by atoms with Gasteiger partial charge in [-0.25, -0.2) is 9.59 Å². The SMILES string of the molecule is O=C(Nc1ccc(C(=O)O)c(O)c1)NC1(C(F)(F)F)CC1. The number of aromatic carboxylic acids is 1. The Morgan fingerprint density at radius 1 is 1.24 bits per heavy atom. The molecule has 1 fully saturated rings. The molecule has 1 saturated carbocycles. The van der Waals surface area contributed by atoms with Gasteiger partial charge >= 0.3 is 18.2 Å². The summed E-state index contributed by atoms with van der Waals surface area (Å²) in [5.41, 5.74) is -2.59. The van der Waals surface area contributed by atoms with Crippen LogP contribution in [0.15, 0.2) is 18.2 Å². The maximum absolute atomic E-state index is 12.7. The quantitative estimate of drug-likeness (QED) is 0.688. The van der Waals surface area contributed by atoms with Crippen molar-refractivity contribution in [1.29, 1.82) is 0 Å². The first-order valence-electron chi connectivity index (χ1n) is 5.87. The fourth-order valence-corrected chi connectivity index (χ4v) is 1.77. The summed E-state index contributed by atoms with van der Waals surface area (Å²) in [5.74, 6) is -1.96. The number of halogens is 3. The first-order chi connectivity index (χ1) is 9.64. The lowest BCUT2D eigenvalue weighted by atomic mass is 10.2. The number of anilines is 1. The van der Waals surface area contributed by atoms with Crippen LogP contribution in [0, 0.1) is 0 Å². The molecule has 21 heavy (non-hydrogen) atoms. The van der Waals surface area contributed by atoms with Gasteiger partial charge in [0.25, 0.3) is 0 Å². The first-order valence-corrected chi connectivity index (χ1v) is 5.87. The summed E-state index contributed by atoms with van der Waals surface area (Å²) in [7, 11) is 0. The van der Waals surface area contributed by atoms with Crippen molar-refractivity contribution in [3.8, 4) is 5.75 Å². The first kappa shape index (κ1) is 14.9. The highest BCUT2D eigenvalue weighted by Crippen LogP contribution is 2.48. The topological polar surface area (TPSA) is 98.7 Å². The van der Waals surface area contributed by atoms with Crippen LogP contribution in [0.25, 0.3) is 0 Å². The smallest absolute Gasteiger partial charge is 0.411 e. The van der Waals surface area contributed by atoms with Crippen molar-refractivity contribution in [3.05, 3.63) is 23.8 Å². The Morgan fingerprint density at radius 3 is 2.29 bits per heavy atom. The van der Waals surface area contributed by atoms with Crippen LogP contribution in [0.3, 0.4) is 0 Å². The van der Waals surface area contributed by atoms with Crippen LogP contribution in [0.1, 0.15) is 23.2 Å². The number of carboxylic acids is 1. The standard InChI is InChI=1S/C12H11F3N2O4/c13-12(14,15)11(3-4-11)17-10(21)16-6-1-2-7(9(19)20)8(18)5-6/h1-2,5,18H,3-4H2,(H,19,20)(H2,16,17,21). The van der Waals surface area contributed by atoms with Gasteiger partial charge in [-0.05, 0) is 25.0 Å². The molecule has 0 heterocycles. The lowest BCUT2D eigenvalue weighted by Crippen LogP contribution is -2.49. The third-order valence-electron chi connectivity index (χ3n) is 3.13. The van der Waals surface area contributed by atoms with Crippen LogP contribution < -0.4 is 10.6 Å². The van der Waals surface area contributed by atoms with Crippen molar-refractivity contribution in [2.75, 3.05) is 5.32 Å². The molecular weight excluding hydrogens is 293 g/mol. The van der Waals surface area contributed by atoms with Gasteiger partial charge in [0.05, 0.1) is 0 Å². The molecule has 0 radical (unpaired) electrons. The number of alkyl halides is 3. The fourth-order valence-electron chi connectivity index (χ4n) is 1.77. The Bertz CT molecular complexity index is 597. The van der Waals surface area contributed by atoms with Crippen molar-refractivity contribution in [2.24, 2.45) is 0 Å². The van der Waals surface area contributed by atoms with E-state index in [0.717, 1.165) is 18.2 Å². The van der Waals surface area contributed by atoms with E-state index in [2.05, 4.69) is 5.32 Å². The predicted octanol–water partition coefficient (Wildman–Crippen LogP) is 2.31. The van der Waals surface area contributed by atoms with Gasteiger partial charge in [0.15, 0.2) is 0 Å². The Hall–Kier alpha value is -2.45. The summed E-state index contributed by atoms with van der Waals surface area (Å²) in [4.78, 5) is 22.2. The molecule has 6 nitrogen and oxygen atoms in total. The minimum absolute atomic E-state index is 0.0204. The van der Waals surface area contributed by atoms with Gasteiger partial charge in [-0.1, -0.05) is 0 Å². The molecule has 0 aromatic heterocycles. The summed E-state index contributed by atoms with van der Waals surface area (Å²) in [6.45, 7) is 0. The van der Waals surface area contributed by atoms with E-state index in [1.165, 1.54) is 0 Å². The van der Waals surface area contributed by atoms with Gasteiger partial charge in [-0.3, -0.25) is 0 Å². The van der Waals surface area contributed by atoms with Crippen LogP contribution in [0.4, 0.5) is 23.7 Å². The number of carboxylic acid groups (broad SMARTS) is 1. The molecule has 2 amide bonds. The third-order valence-corrected chi connectivity index (χ3v) is 3.13. The summed E-state index contributed by atoms with van der Waals surface area (Å²) in [5, 5.41) is 22.1. The predicted molar refractivity (Wildman–Crippen MR) is 65.2 cm³/mol. The molecule has 4 N–H and O–H groups in total. The van der Waals surface area contributed by atoms with Crippen molar-refractivity contribution in [3.63, 3.8) is 0 Å².